The van der Waals surface area contributed by atoms with Gasteiger partial charge in [0.1, 0.15) is 11.6 Å². The van der Waals surface area contributed by atoms with Gasteiger partial charge in [-0.3, -0.25) is 0 Å². The number of aryl methyl sites for hydroxylation is 1. The van der Waals surface area contributed by atoms with E-state index in [0.29, 0.717) is 17.9 Å². The largest absolute Gasteiger partial charge is 0.352 e. The maximum absolute atomic E-state index is 4.80. The topological polar surface area (TPSA) is 41.0 Å². The van der Waals surface area contributed by atoms with Crippen molar-refractivity contribution in [2.45, 2.75) is 59.4 Å². The number of anilines is 1. The molecule has 2 rings (SSSR count). The molecule has 2 heterocycles. The molecule has 0 amide bonds. The van der Waals surface area contributed by atoms with Gasteiger partial charge in [-0.25, -0.2) is 9.97 Å². The second-order valence-corrected chi connectivity index (χ2v) is 6.92. The van der Waals surface area contributed by atoms with E-state index in [1.165, 1.54) is 12.8 Å². The Bertz CT molecular complexity index is 456. The van der Waals surface area contributed by atoms with E-state index < -0.39 is 0 Å². The van der Waals surface area contributed by atoms with Crippen molar-refractivity contribution in [3.05, 3.63) is 17.6 Å². The van der Waals surface area contributed by atoms with Crippen LogP contribution in [0, 0.1) is 12.8 Å². The number of aromatic nitrogens is 2. The highest BCUT2D eigenvalue weighted by molar-refractivity contribution is 5.42. The SMILES string of the molecule is Cc1cc(N2CCCC2CNCC(C)C)nc(C(C)C)n1. The molecular formula is C17H30N4. The average molecular weight is 290 g/mol. The fourth-order valence-electron chi connectivity index (χ4n) is 2.87. The summed E-state index contributed by atoms with van der Waals surface area (Å²) < 4.78 is 0. The van der Waals surface area contributed by atoms with Gasteiger partial charge < -0.3 is 10.2 Å². The van der Waals surface area contributed by atoms with Crippen LogP contribution < -0.4 is 10.2 Å². The molecule has 0 bridgehead atoms. The Morgan fingerprint density at radius 2 is 2.05 bits per heavy atom. The second kappa shape index (κ2) is 7.21. The van der Waals surface area contributed by atoms with Gasteiger partial charge in [0.25, 0.3) is 0 Å². The van der Waals surface area contributed by atoms with Gasteiger partial charge in [0, 0.05) is 36.8 Å². The van der Waals surface area contributed by atoms with Crippen molar-refractivity contribution in [3.8, 4) is 0 Å². The monoisotopic (exact) mass is 290 g/mol. The highest BCUT2D eigenvalue weighted by Gasteiger charge is 2.26. The summed E-state index contributed by atoms with van der Waals surface area (Å²) in [6, 6.07) is 2.70. The van der Waals surface area contributed by atoms with Gasteiger partial charge in [0.15, 0.2) is 0 Å². The van der Waals surface area contributed by atoms with Crippen LogP contribution in [0.5, 0.6) is 0 Å². The molecule has 1 aromatic heterocycles. The van der Waals surface area contributed by atoms with Crippen molar-refractivity contribution in [2.24, 2.45) is 5.92 Å². The molecule has 0 aliphatic carbocycles. The van der Waals surface area contributed by atoms with Crippen molar-refractivity contribution in [3.63, 3.8) is 0 Å². The first-order chi connectivity index (χ1) is 9.97. The minimum atomic E-state index is 0.378. The van der Waals surface area contributed by atoms with E-state index >= 15 is 0 Å². The fourth-order valence-corrected chi connectivity index (χ4v) is 2.87. The number of nitrogens with zero attached hydrogens (tertiary/aromatic N) is 3. The van der Waals surface area contributed by atoms with Crippen molar-refractivity contribution in [1.82, 2.24) is 15.3 Å². The normalized spacial score (nSPS) is 19.0. The van der Waals surface area contributed by atoms with E-state index in [1.54, 1.807) is 0 Å². The minimum absolute atomic E-state index is 0.378. The first-order valence-corrected chi connectivity index (χ1v) is 8.30. The van der Waals surface area contributed by atoms with E-state index in [0.717, 1.165) is 37.0 Å². The number of rotatable bonds is 6. The Kier molecular flexibility index (Phi) is 5.57. The standard InChI is InChI=1S/C17H30N4/c1-12(2)10-18-11-15-7-6-8-21(15)16-9-14(5)19-17(20-16)13(3)4/h9,12-13,15,18H,6-8,10-11H2,1-5H3. The molecule has 1 fully saturated rings. The van der Waals surface area contributed by atoms with Gasteiger partial charge in [-0.15, -0.1) is 0 Å². The Balaban J connectivity index is 2.08. The molecule has 1 aromatic rings. The molecule has 0 radical (unpaired) electrons. The summed E-state index contributed by atoms with van der Waals surface area (Å²) in [5, 5.41) is 3.59. The van der Waals surface area contributed by atoms with Gasteiger partial charge in [-0.2, -0.15) is 0 Å². The van der Waals surface area contributed by atoms with E-state index in [4.69, 9.17) is 4.98 Å². The molecule has 1 N–H and O–H groups in total. The Labute approximate surface area is 129 Å². The predicted molar refractivity (Wildman–Crippen MR) is 88.9 cm³/mol. The smallest absolute Gasteiger partial charge is 0.133 e. The lowest BCUT2D eigenvalue weighted by Crippen LogP contribution is -2.39. The molecule has 0 spiro atoms. The van der Waals surface area contributed by atoms with Gasteiger partial charge in [0.2, 0.25) is 0 Å². The third-order valence-electron chi connectivity index (χ3n) is 3.98. The Morgan fingerprint density at radius 3 is 2.71 bits per heavy atom. The average Bonchev–Trinajstić information content (AvgIpc) is 2.86. The van der Waals surface area contributed by atoms with Crippen LogP contribution in [0.2, 0.25) is 0 Å². The lowest BCUT2D eigenvalue weighted by molar-refractivity contribution is 0.510. The highest BCUT2D eigenvalue weighted by Crippen LogP contribution is 2.25. The lowest BCUT2D eigenvalue weighted by atomic mass is 10.2. The maximum atomic E-state index is 4.80. The summed E-state index contributed by atoms with van der Waals surface area (Å²) in [5.74, 6) is 3.16. The minimum Gasteiger partial charge on any atom is -0.352 e. The molecule has 1 atom stereocenters. The van der Waals surface area contributed by atoms with Gasteiger partial charge >= 0.3 is 0 Å². The van der Waals surface area contributed by atoms with Gasteiger partial charge in [-0.05, 0) is 32.2 Å². The van der Waals surface area contributed by atoms with Crippen LogP contribution in [0.25, 0.3) is 0 Å². The van der Waals surface area contributed by atoms with E-state index in [-0.39, 0.29) is 0 Å². The van der Waals surface area contributed by atoms with Crippen molar-refractivity contribution in [2.75, 3.05) is 24.5 Å². The first kappa shape index (κ1) is 16.2. The maximum Gasteiger partial charge on any atom is 0.133 e. The summed E-state index contributed by atoms with van der Waals surface area (Å²) in [7, 11) is 0. The van der Waals surface area contributed by atoms with E-state index in [1.807, 2.05) is 0 Å². The molecule has 21 heavy (non-hydrogen) atoms. The zero-order chi connectivity index (χ0) is 15.4. The number of hydrogen-bond donors (Lipinski definition) is 1. The quantitative estimate of drug-likeness (QED) is 0.874. The van der Waals surface area contributed by atoms with Crippen LogP contribution in [0.3, 0.4) is 0 Å². The molecular weight excluding hydrogens is 260 g/mol. The molecule has 4 nitrogen and oxygen atoms in total. The van der Waals surface area contributed by atoms with Crippen LogP contribution in [0.4, 0.5) is 5.82 Å². The molecule has 0 saturated carbocycles. The summed E-state index contributed by atoms with van der Waals surface area (Å²) >= 11 is 0. The van der Waals surface area contributed by atoms with Crippen LogP contribution in [0.1, 0.15) is 58.0 Å². The van der Waals surface area contributed by atoms with Crippen LogP contribution >= 0.6 is 0 Å². The Morgan fingerprint density at radius 1 is 1.29 bits per heavy atom. The molecule has 1 aliphatic heterocycles. The van der Waals surface area contributed by atoms with Crippen molar-refractivity contribution >= 4 is 5.82 Å². The van der Waals surface area contributed by atoms with Crippen LogP contribution in [-0.2, 0) is 0 Å². The zero-order valence-electron chi connectivity index (χ0n) is 14.2. The van der Waals surface area contributed by atoms with Gasteiger partial charge in [0.05, 0.1) is 0 Å². The zero-order valence-corrected chi connectivity index (χ0v) is 14.2. The molecule has 118 valence electrons. The van der Waals surface area contributed by atoms with Crippen LogP contribution in [-0.4, -0.2) is 35.6 Å². The highest BCUT2D eigenvalue weighted by atomic mass is 15.2. The fraction of sp³-hybridized carbons (Fsp3) is 0.765. The first-order valence-electron chi connectivity index (χ1n) is 8.30. The van der Waals surface area contributed by atoms with Crippen molar-refractivity contribution in [1.29, 1.82) is 0 Å². The molecule has 0 aromatic carbocycles. The summed E-state index contributed by atoms with van der Waals surface area (Å²) in [5.41, 5.74) is 1.07. The number of hydrogen-bond acceptors (Lipinski definition) is 4. The summed E-state index contributed by atoms with van der Waals surface area (Å²) in [4.78, 5) is 11.8. The molecule has 4 heteroatoms. The summed E-state index contributed by atoms with van der Waals surface area (Å²) in [6.45, 7) is 14.1. The Hall–Kier alpha value is -1.16. The molecule has 1 unspecified atom stereocenters. The van der Waals surface area contributed by atoms with Gasteiger partial charge in [-0.1, -0.05) is 27.7 Å². The summed E-state index contributed by atoms with van der Waals surface area (Å²) in [6.07, 6.45) is 2.51. The van der Waals surface area contributed by atoms with E-state index in [2.05, 4.69) is 55.9 Å². The van der Waals surface area contributed by atoms with E-state index in [9.17, 15) is 0 Å². The second-order valence-electron chi connectivity index (χ2n) is 6.92. The third kappa shape index (κ3) is 4.40. The van der Waals surface area contributed by atoms with Crippen molar-refractivity contribution < 1.29 is 0 Å². The molecule has 1 aliphatic rings. The predicted octanol–water partition coefficient (Wildman–Crippen LogP) is 3.12. The molecule has 1 saturated heterocycles. The van der Waals surface area contributed by atoms with Crippen LogP contribution in [0.15, 0.2) is 6.07 Å². The third-order valence-corrected chi connectivity index (χ3v) is 3.98. The number of nitrogens with one attached hydrogen (secondary N) is 1. The lowest BCUT2D eigenvalue weighted by Gasteiger charge is -2.27.